The molecule has 0 amide bonds. The Balaban J connectivity index is 1.27. The quantitative estimate of drug-likeness (QED) is 0.760. The zero-order chi connectivity index (χ0) is 17.5. The SMILES string of the molecule is Fc1ccc(-c2ccc(C3[C@@H]4CN(Cc5nccs5)C[C@H]3N4)cc2)cc1. The van der Waals surface area contributed by atoms with Gasteiger partial charge in [0.15, 0.2) is 0 Å². The van der Waals surface area contributed by atoms with Crippen LogP contribution in [0.4, 0.5) is 4.39 Å². The van der Waals surface area contributed by atoms with E-state index in [1.807, 2.05) is 23.7 Å². The smallest absolute Gasteiger partial charge is 0.123 e. The zero-order valence-electron chi connectivity index (χ0n) is 14.3. The van der Waals surface area contributed by atoms with Crippen LogP contribution in [0.3, 0.4) is 0 Å². The third-order valence-corrected chi connectivity index (χ3v) is 6.28. The molecule has 1 aromatic heterocycles. The highest BCUT2D eigenvalue weighted by atomic mass is 32.1. The van der Waals surface area contributed by atoms with E-state index in [4.69, 9.17) is 0 Å². The average Bonchev–Trinajstić information content (AvgIpc) is 3.16. The maximum atomic E-state index is 13.1. The molecule has 3 atom stereocenters. The van der Waals surface area contributed by atoms with E-state index in [0.717, 1.165) is 30.8 Å². The van der Waals surface area contributed by atoms with Gasteiger partial charge in [0, 0.05) is 42.7 Å². The Hall–Kier alpha value is -2.08. The van der Waals surface area contributed by atoms with E-state index in [1.54, 1.807) is 11.3 Å². The summed E-state index contributed by atoms with van der Waals surface area (Å²) in [5.41, 5.74) is 3.59. The van der Waals surface area contributed by atoms with Crippen LogP contribution in [0.15, 0.2) is 60.1 Å². The monoisotopic (exact) mass is 365 g/mol. The van der Waals surface area contributed by atoms with Crippen molar-refractivity contribution in [2.45, 2.75) is 24.5 Å². The molecular weight excluding hydrogens is 345 g/mol. The molecule has 0 spiro atoms. The Morgan fingerprint density at radius 1 is 1.00 bits per heavy atom. The van der Waals surface area contributed by atoms with Gasteiger partial charge in [-0.05, 0) is 28.8 Å². The van der Waals surface area contributed by atoms with Crippen molar-refractivity contribution in [2.24, 2.45) is 0 Å². The van der Waals surface area contributed by atoms with Crippen LogP contribution in [0.5, 0.6) is 0 Å². The van der Waals surface area contributed by atoms with Crippen molar-refractivity contribution in [2.75, 3.05) is 13.1 Å². The Bertz CT molecular complexity index is 865. The lowest BCUT2D eigenvalue weighted by Crippen LogP contribution is -2.71. The van der Waals surface area contributed by atoms with Crippen LogP contribution in [0.2, 0.25) is 0 Å². The normalized spacial score (nSPS) is 25.0. The maximum absolute atomic E-state index is 13.1. The van der Waals surface area contributed by atoms with Crippen molar-refractivity contribution in [1.82, 2.24) is 15.2 Å². The molecule has 3 aromatic rings. The molecule has 3 aliphatic rings. The van der Waals surface area contributed by atoms with E-state index in [1.165, 1.54) is 22.7 Å². The Kier molecular flexibility index (Phi) is 4.08. The fraction of sp³-hybridized carbons (Fsp3) is 0.286. The van der Waals surface area contributed by atoms with Gasteiger partial charge in [-0.3, -0.25) is 4.90 Å². The predicted molar refractivity (Wildman–Crippen MR) is 103 cm³/mol. The number of aromatic nitrogens is 1. The first-order chi connectivity index (χ1) is 12.8. The van der Waals surface area contributed by atoms with Crippen molar-refractivity contribution >= 4 is 11.3 Å². The first-order valence-corrected chi connectivity index (χ1v) is 9.87. The van der Waals surface area contributed by atoms with Crippen LogP contribution in [-0.2, 0) is 6.54 Å². The fourth-order valence-corrected chi connectivity index (χ4v) is 4.92. The Morgan fingerprint density at radius 3 is 2.27 bits per heavy atom. The fourth-order valence-electron chi connectivity index (χ4n) is 4.26. The molecule has 0 saturated carbocycles. The van der Waals surface area contributed by atoms with E-state index < -0.39 is 0 Å². The van der Waals surface area contributed by atoms with Crippen molar-refractivity contribution in [3.8, 4) is 11.1 Å². The number of rotatable bonds is 4. The van der Waals surface area contributed by atoms with Gasteiger partial charge in [-0.15, -0.1) is 11.3 Å². The number of piperazine rings is 1. The Morgan fingerprint density at radius 2 is 1.65 bits per heavy atom. The molecule has 2 aromatic carbocycles. The van der Waals surface area contributed by atoms with E-state index in [9.17, 15) is 4.39 Å². The molecule has 5 heteroatoms. The highest BCUT2D eigenvalue weighted by Gasteiger charge is 2.46. The van der Waals surface area contributed by atoms with E-state index in [2.05, 4.69) is 39.5 Å². The summed E-state index contributed by atoms with van der Waals surface area (Å²) in [4.78, 5) is 6.91. The molecule has 6 rings (SSSR count). The minimum atomic E-state index is -0.193. The lowest BCUT2D eigenvalue weighted by atomic mass is 9.74. The number of nitrogens with one attached hydrogen (secondary N) is 1. The van der Waals surface area contributed by atoms with Gasteiger partial charge in [0.05, 0.1) is 6.54 Å². The van der Waals surface area contributed by atoms with Gasteiger partial charge in [0.2, 0.25) is 0 Å². The highest BCUT2D eigenvalue weighted by Crippen LogP contribution is 2.38. The molecule has 132 valence electrons. The van der Waals surface area contributed by atoms with Crippen LogP contribution >= 0.6 is 11.3 Å². The number of nitrogens with zero attached hydrogens (tertiary/aromatic N) is 2. The number of thiazole rings is 1. The van der Waals surface area contributed by atoms with Crippen LogP contribution in [-0.4, -0.2) is 35.1 Å². The summed E-state index contributed by atoms with van der Waals surface area (Å²) in [6, 6.07) is 16.5. The lowest BCUT2D eigenvalue weighted by Gasteiger charge is -2.54. The van der Waals surface area contributed by atoms with Crippen molar-refractivity contribution in [3.05, 3.63) is 76.5 Å². The molecule has 26 heavy (non-hydrogen) atoms. The zero-order valence-corrected chi connectivity index (χ0v) is 15.1. The third-order valence-electron chi connectivity index (χ3n) is 5.52. The molecule has 0 aliphatic carbocycles. The van der Waals surface area contributed by atoms with Gasteiger partial charge < -0.3 is 5.32 Å². The van der Waals surface area contributed by atoms with Crippen LogP contribution in [0.1, 0.15) is 16.5 Å². The van der Waals surface area contributed by atoms with Crippen LogP contribution in [0.25, 0.3) is 11.1 Å². The number of hydrogen-bond donors (Lipinski definition) is 1. The molecule has 0 radical (unpaired) electrons. The number of halogens is 1. The first kappa shape index (κ1) is 16.1. The summed E-state index contributed by atoms with van der Waals surface area (Å²) >= 11 is 1.73. The predicted octanol–water partition coefficient (Wildman–Crippen LogP) is 3.89. The number of piperidine rings is 1. The van der Waals surface area contributed by atoms with Gasteiger partial charge in [0.1, 0.15) is 10.8 Å². The number of fused-ring (bicyclic) bond motifs is 2. The topological polar surface area (TPSA) is 28.2 Å². The first-order valence-electron chi connectivity index (χ1n) is 8.99. The minimum absolute atomic E-state index is 0.193. The van der Waals surface area contributed by atoms with Gasteiger partial charge in [-0.25, -0.2) is 9.37 Å². The standard InChI is InChI=1S/C21H20FN3S/c22-17-7-5-15(6-8-17)14-1-3-16(4-2-14)21-18-11-25(12-19(21)24-18)13-20-23-9-10-26-20/h1-10,18-19,21,24H,11-13H2/t18-,19+,21?. The summed E-state index contributed by atoms with van der Waals surface area (Å²) in [5.74, 6) is 0.394. The molecule has 3 saturated heterocycles. The van der Waals surface area contributed by atoms with Crippen molar-refractivity contribution in [3.63, 3.8) is 0 Å². The van der Waals surface area contributed by atoms with Crippen LogP contribution in [0, 0.1) is 5.82 Å². The van der Waals surface area contributed by atoms with E-state index in [-0.39, 0.29) is 5.82 Å². The molecule has 2 bridgehead atoms. The highest BCUT2D eigenvalue weighted by molar-refractivity contribution is 7.09. The van der Waals surface area contributed by atoms with Crippen molar-refractivity contribution in [1.29, 1.82) is 0 Å². The minimum Gasteiger partial charge on any atom is -0.307 e. The van der Waals surface area contributed by atoms with Crippen molar-refractivity contribution < 1.29 is 4.39 Å². The molecular formula is C21H20FN3S. The second-order valence-corrected chi connectivity index (χ2v) is 8.13. The summed E-state index contributed by atoms with van der Waals surface area (Å²) in [5, 5.41) is 6.94. The largest absolute Gasteiger partial charge is 0.307 e. The second kappa shape index (κ2) is 6.58. The number of hydrogen-bond acceptors (Lipinski definition) is 4. The summed E-state index contributed by atoms with van der Waals surface area (Å²) in [7, 11) is 0. The third kappa shape index (κ3) is 2.96. The molecule has 1 N–H and O–H groups in total. The molecule has 4 heterocycles. The van der Waals surface area contributed by atoms with Crippen LogP contribution < -0.4 is 5.32 Å². The summed E-state index contributed by atoms with van der Waals surface area (Å²) < 4.78 is 13.1. The molecule has 3 fully saturated rings. The summed E-state index contributed by atoms with van der Waals surface area (Å²) in [6.07, 6.45) is 1.88. The average molecular weight is 365 g/mol. The maximum Gasteiger partial charge on any atom is 0.123 e. The summed E-state index contributed by atoms with van der Waals surface area (Å²) in [6.45, 7) is 3.10. The van der Waals surface area contributed by atoms with E-state index in [0.29, 0.717) is 18.0 Å². The second-order valence-electron chi connectivity index (χ2n) is 7.15. The molecule has 3 aliphatic heterocycles. The van der Waals surface area contributed by atoms with Gasteiger partial charge in [-0.1, -0.05) is 36.4 Å². The van der Waals surface area contributed by atoms with Gasteiger partial charge in [-0.2, -0.15) is 0 Å². The van der Waals surface area contributed by atoms with E-state index >= 15 is 0 Å². The number of benzene rings is 2. The molecule has 1 unspecified atom stereocenters. The lowest BCUT2D eigenvalue weighted by molar-refractivity contribution is 0.0470. The molecule has 3 nitrogen and oxygen atoms in total. The van der Waals surface area contributed by atoms with Gasteiger partial charge >= 0.3 is 0 Å². The van der Waals surface area contributed by atoms with Gasteiger partial charge in [0.25, 0.3) is 0 Å². The Labute approximate surface area is 156 Å².